The Hall–Kier alpha value is -1.34. The first-order valence-electron chi connectivity index (χ1n) is 6.83. The molecule has 0 spiro atoms. The highest BCUT2D eigenvalue weighted by Crippen LogP contribution is 2.21. The minimum Gasteiger partial charge on any atom is -0.333 e. The molecule has 1 amide bonds. The van der Waals surface area contributed by atoms with Crippen molar-refractivity contribution in [3.8, 4) is 6.07 Å². The molecule has 0 saturated carbocycles. The van der Waals surface area contributed by atoms with Crippen molar-refractivity contribution in [3.05, 3.63) is 11.6 Å². The Bertz CT molecular complexity index is 397. The molecular formula is C15H25N3O. The van der Waals surface area contributed by atoms with Gasteiger partial charge in [0.15, 0.2) is 0 Å². The summed E-state index contributed by atoms with van der Waals surface area (Å²) in [6, 6.07) is 2.21. The minimum absolute atomic E-state index is 0.000995. The van der Waals surface area contributed by atoms with E-state index in [-0.39, 0.29) is 17.5 Å². The maximum Gasteiger partial charge on any atom is 0.246 e. The Labute approximate surface area is 116 Å². The predicted molar refractivity (Wildman–Crippen MR) is 76.5 cm³/mol. The number of carbonyl (C=O) groups is 1. The second-order valence-corrected chi connectivity index (χ2v) is 6.39. The number of hydrogen-bond acceptors (Lipinski definition) is 3. The molecule has 1 aliphatic heterocycles. The van der Waals surface area contributed by atoms with Gasteiger partial charge in [0, 0.05) is 31.2 Å². The zero-order valence-electron chi connectivity index (χ0n) is 12.7. The number of amides is 1. The van der Waals surface area contributed by atoms with E-state index in [0.29, 0.717) is 13.0 Å². The Morgan fingerprint density at radius 2 is 2.00 bits per heavy atom. The van der Waals surface area contributed by atoms with Crippen molar-refractivity contribution < 1.29 is 4.79 Å². The van der Waals surface area contributed by atoms with Crippen LogP contribution in [0.15, 0.2) is 11.6 Å². The first-order chi connectivity index (χ1) is 8.75. The van der Waals surface area contributed by atoms with Crippen LogP contribution in [0.4, 0.5) is 0 Å². The molecule has 106 valence electrons. The van der Waals surface area contributed by atoms with E-state index in [2.05, 4.69) is 31.7 Å². The monoisotopic (exact) mass is 263 g/mol. The standard InChI is InChI=1S/C15H25N3O/c1-12(2)10-14(19)18-9-8-17(15(3,4)5)11-13(18)6-7-16/h10,13H,6,8-9,11H2,1-5H3. The Balaban J connectivity index is 2.83. The fraction of sp³-hybridized carbons (Fsp3) is 0.733. The van der Waals surface area contributed by atoms with Crippen LogP contribution in [-0.2, 0) is 4.79 Å². The molecule has 1 heterocycles. The van der Waals surface area contributed by atoms with Crippen LogP contribution in [0, 0.1) is 11.3 Å². The molecule has 1 saturated heterocycles. The van der Waals surface area contributed by atoms with Gasteiger partial charge in [-0.05, 0) is 34.6 Å². The summed E-state index contributed by atoms with van der Waals surface area (Å²) in [6.07, 6.45) is 2.06. The summed E-state index contributed by atoms with van der Waals surface area (Å²) < 4.78 is 0. The summed E-state index contributed by atoms with van der Waals surface area (Å²) in [5.74, 6) is 0.0359. The van der Waals surface area contributed by atoms with E-state index >= 15 is 0 Å². The van der Waals surface area contributed by atoms with E-state index in [1.54, 1.807) is 6.08 Å². The van der Waals surface area contributed by atoms with Crippen molar-refractivity contribution in [1.82, 2.24) is 9.80 Å². The molecule has 0 aromatic heterocycles. The maximum atomic E-state index is 12.2. The molecule has 19 heavy (non-hydrogen) atoms. The molecule has 0 aromatic rings. The first-order valence-corrected chi connectivity index (χ1v) is 6.83. The van der Waals surface area contributed by atoms with Gasteiger partial charge in [0.25, 0.3) is 0 Å². The zero-order chi connectivity index (χ0) is 14.6. The first kappa shape index (κ1) is 15.7. The summed E-state index contributed by atoms with van der Waals surface area (Å²) in [5.41, 5.74) is 1.08. The smallest absolute Gasteiger partial charge is 0.246 e. The normalized spacial score (nSPS) is 20.8. The number of allylic oxidation sites excluding steroid dienone is 1. The molecule has 0 N–H and O–H groups in total. The average Bonchev–Trinajstić information content (AvgIpc) is 2.27. The van der Waals surface area contributed by atoms with Crippen molar-refractivity contribution in [3.63, 3.8) is 0 Å². The second-order valence-electron chi connectivity index (χ2n) is 6.39. The van der Waals surface area contributed by atoms with Gasteiger partial charge in [-0.15, -0.1) is 0 Å². The van der Waals surface area contributed by atoms with Crippen molar-refractivity contribution in [2.75, 3.05) is 19.6 Å². The lowest BCUT2D eigenvalue weighted by Crippen LogP contribution is -2.59. The van der Waals surface area contributed by atoms with Gasteiger partial charge in [0.1, 0.15) is 0 Å². The fourth-order valence-corrected chi connectivity index (χ4v) is 2.36. The molecular weight excluding hydrogens is 238 g/mol. The van der Waals surface area contributed by atoms with Gasteiger partial charge in [-0.2, -0.15) is 5.26 Å². The van der Waals surface area contributed by atoms with Crippen LogP contribution < -0.4 is 0 Å². The second kappa shape index (κ2) is 6.21. The van der Waals surface area contributed by atoms with Crippen LogP contribution in [0.25, 0.3) is 0 Å². The largest absolute Gasteiger partial charge is 0.333 e. The summed E-state index contributed by atoms with van der Waals surface area (Å²) in [4.78, 5) is 16.4. The lowest BCUT2D eigenvalue weighted by molar-refractivity contribution is -0.131. The highest BCUT2D eigenvalue weighted by Gasteiger charge is 2.33. The third-order valence-corrected chi connectivity index (χ3v) is 3.45. The van der Waals surface area contributed by atoms with Gasteiger partial charge in [-0.1, -0.05) is 5.57 Å². The third-order valence-electron chi connectivity index (χ3n) is 3.45. The van der Waals surface area contributed by atoms with Gasteiger partial charge < -0.3 is 4.90 Å². The van der Waals surface area contributed by atoms with Gasteiger partial charge in [-0.25, -0.2) is 0 Å². The Morgan fingerprint density at radius 3 is 2.47 bits per heavy atom. The van der Waals surface area contributed by atoms with E-state index < -0.39 is 0 Å². The highest BCUT2D eigenvalue weighted by atomic mass is 16.2. The molecule has 0 radical (unpaired) electrons. The zero-order valence-corrected chi connectivity index (χ0v) is 12.7. The van der Waals surface area contributed by atoms with Crippen LogP contribution in [0.5, 0.6) is 0 Å². The molecule has 1 aliphatic rings. The quantitative estimate of drug-likeness (QED) is 0.717. The van der Waals surface area contributed by atoms with E-state index in [1.807, 2.05) is 18.7 Å². The number of hydrogen-bond donors (Lipinski definition) is 0. The third kappa shape index (κ3) is 4.36. The SMILES string of the molecule is CC(C)=CC(=O)N1CCN(C(C)(C)C)CC1CC#N. The molecule has 1 rings (SSSR count). The minimum atomic E-state index is 0.000995. The summed E-state index contributed by atoms with van der Waals surface area (Å²) in [7, 11) is 0. The van der Waals surface area contributed by atoms with Crippen molar-refractivity contribution >= 4 is 5.91 Å². The molecule has 0 aromatic carbocycles. The van der Waals surface area contributed by atoms with E-state index in [1.165, 1.54) is 0 Å². The lowest BCUT2D eigenvalue weighted by Gasteiger charge is -2.46. The van der Waals surface area contributed by atoms with E-state index in [4.69, 9.17) is 5.26 Å². The maximum absolute atomic E-state index is 12.2. The highest BCUT2D eigenvalue weighted by molar-refractivity contribution is 5.88. The van der Waals surface area contributed by atoms with Crippen LogP contribution in [0.1, 0.15) is 41.0 Å². The van der Waals surface area contributed by atoms with Crippen LogP contribution in [0.2, 0.25) is 0 Å². The van der Waals surface area contributed by atoms with Crippen molar-refractivity contribution in [2.24, 2.45) is 0 Å². The van der Waals surface area contributed by atoms with Gasteiger partial charge in [0.05, 0.1) is 18.5 Å². The molecule has 4 nitrogen and oxygen atoms in total. The van der Waals surface area contributed by atoms with Crippen molar-refractivity contribution in [1.29, 1.82) is 5.26 Å². The number of nitrogens with zero attached hydrogens (tertiary/aromatic N) is 3. The van der Waals surface area contributed by atoms with Gasteiger partial charge in [0.2, 0.25) is 5.91 Å². The molecule has 0 bridgehead atoms. The average molecular weight is 263 g/mol. The fourth-order valence-electron chi connectivity index (χ4n) is 2.36. The van der Waals surface area contributed by atoms with Gasteiger partial charge in [-0.3, -0.25) is 9.69 Å². The summed E-state index contributed by atoms with van der Waals surface area (Å²) in [6.45, 7) is 12.7. The number of rotatable bonds is 2. The van der Waals surface area contributed by atoms with Crippen LogP contribution in [0.3, 0.4) is 0 Å². The molecule has 0 aliphatic carbocycles. The number of piperazine rings is 1. The topological polar surface area (TPSA) is 47.3 Å². The lowest BCUT2D eigenvalue weighted by atomic mass is 10.0. The molecule has 1 fully saturated rings. The van der Waals surface area contributed by atoms with Crippen LogP contribution >= 0.6 is 0 Å². The molecule has 1 atom stereocenters. The number of nitriles is 1. The van der Waals surface area contributed by atoms with Crippen molar-refractivity contribution in [2.45, 2.75) is 52.6 Å². The predicted octanol–water partition coefficient (Wildman–Crippen LogP) is 2.18. The Kier molecular flexibility index (Phi) is 5.13. The number of carbonyl (C=O) groups excluding carboxylic acids is 1. The van der Waals surface area contributed by atoms with Crippen LogP contribution in [-0.4, -0.2) is 46.9 Å². The molecule has 1 unspecified atom stereocenters. The van der Waals surface area contributed by atoms with Gasteiger partial charge >= 0.3 is 0 Å². The van der Waals surface area contributed by atoms with E-state index in [9.17, 15) is 4.79 Å². The van der Waals surface area contributed by atoms with E-state index in [0.717, 1.165) is 18.7 Å². The summed E-state index contributed by atoms with van der Waals surface area (Å²) in [5, 5.41) is 8.97. The summed E-state index contributed by atoms with van der Waals surface area (Å²) >= 11 is 0. The Morgan fingerprint density at radius 1 is 1.37 bits per heavy atom. The molecule has 4 heteroatoms.